The summed E-state index contributed by atoms with van der Waals surface area (Å²) in [5, 5.41) is 0. The first-order valence-electron chi connectivity index (χ1n) is 16.7. The summed E-state index contributed by atoms with van der Waals surface area (Å²) >= 11 is 0. The van der Waals surface area contributed by atoms with Crippen LogP contribution in [0.4, 0.5) is 8.78 Å². The van der Waals surface area contributed by atoms with Crippen LogP contribution in [-0.4, -0.2) is 5.97 Å². The highest BCUT2D eigenvalue weighted by Gasteiger charge is 2.34. The summed E-state index contributed by atoms with van der Waals surface area (Å²) in [5.41, 5.74) is 0.409. The molecule has 4 rings (SSSR count). The summed E-state index contributed by atoms with van der Waals surface area (Å²) in [4.78, 5) is 12.8. The standard InChI is InChI=1S/C35H54F2O2/c1-3-5-6-8-26-9-11-27(12-10-26)15-18-30-23-24-32(34(37)33(30)36)39-35(38)31-21-19-29(20-22-31)28-16-13-25(7-4-2)14-17-28/h23-29,31H,3-22H2,1-2H3. The molecule has 39 heavy (non-hydrogen) atoms. The van der Waals surface area contributed by atoms with Crippen LogP contribution in [0, 0.1) is 47.1 Å². The summed E-state index contributed by atoms with van der Waals surface area (Å²) < 4.78 is 35.2. The van der Waals surface area contributed by atoms with Gasteiger partial charge in [-0.25, -0.2) is 4.39 Å². The molecule has 0 atom stereocenters. The van der Waals surface area contributed by atoms with Gasteiger partial charge in [0, 0.05) is 0 Å². The molecule has 3 aliphatic carbocycles. The first-order valence-corrected chi connectivity index (χ1v) is 16.7. The molecule has 0 N–H and O–H groups in total. The average molecular weight is 545 g/mol. The lowest BCUT2D eigenvalue weighted by Gasteiger charge is -2.37. The van der Waals surface area contributed by atoms with E-state index in [2.05, 4.69) is 13.8 Å². The number of esters is 1. The van der Waals surface area contributed by atoms with Gasteiger partial charge >= 0.3 is 5.97 Å². The first kappa shape index (κ1) is 30.5. The van der Waals surface area contributed by atoms with Gasteiger partial charge in [-0.3, -0.25) is 4.79 Å². The molecule has 0 spiro atoms. The highest BCUT2D eigenvalue weighted by Crippen LogP contribution is 2.42. The second-order valence-corrected chi connectivity index (χ2v) is 13.4. The number of rotatable bonds is 12. The monoisotopic (exact) mass is 544 g/mol. The molecule has 3 saturated carbocycles. The predicted octanol–water partition coefficient (Wildman–Crippen LogP) is 10.6. The van der Waals surface area contributed by atoms with Crippen LogP contribution in [0.1, 0.15) is 141 Å². The minimum Gasteiger partial charge on any atom is -0.423 e. The van der Waals surface area contributed by atoms with E-state index in [0.717, 1.165) is 49.9 Å². The third kappa shape index (κ3) is 8.77. The van der Waals surface area contributed by atoms with Gasteiger partial charge in [-0.2, -0.15) is 4.39 Å². The predicted molar refractivity (Wildman–Crippen MR) is 156 cm³/mol. The molecule has 3 fully saturated rings. The van der Waals surface area contributed by atoms with Crippen LogP contribution in [0.5, 0.6) is 5.75 Å². The van der Waals surface area contributed by atoms with Gasteiger partial charge in [0.25, 0.3) is 0 Å². The van der Waals surface area contributed by atoms with E-state index in [1.54, 1.807) is 6.07 Å². The molecule has 1 aromatic rings. The zero-order valence-corrected chi connectivity index (χ0v) is 24.8. The van der Waals surface area contributed by atoms with E-state index in [1.165, 1.54) is 96.0 Å². The van der Waals surface area contributed by atoms with E-state index in [9.17, 15) is 13.6 Å². The number of aryl methyl sites for hydroxylation is 1. The molecule has 0 radical (unpaired) electrons. The average Bonchev–Trinajstić information content (AvgIpc) is 2.96. The van der Waals surface area contributed by atoms with Gasteiger partial charge in [-0.15, -0.1) is 0 Å². The molecule has 0 aliphatic heterocycles. The Balaban J connectivity index is 1.19. The Hall–Kier alpha value is -1.45. The fourth-order valence-electron chi connectivity index (χ4n) is 8.07. The molecule has 1 aromatic carbocycles. The normalized spacial score (nSPS) is 29.7. The Labute approximate surface area is 237 Å². The second kappa shape index (κ2) is 15.5. The molecule has 2 nitrogen and oxygen atoms in total. The van der Waals surface area contributed by atoms with E-state index >= 15 is 0 Å². The van der Waals surface area contributed by atoms with Crippen LogP contribution < -0.4 is 4.74 Å². The van der Waals surface area contributed by atoms with Crippen LogP contribution in [0.25, 0.3) is 0 Å². The van der Waals surface area contributed by atoms with Gasteiger partial charge in [-0.1, -0.05) is 97.0 Å². The van der Waals surface area contributed by atoms with Gasteiger partial charge in [0.05, 0.1) is 5.92 Å². The van der Waals surface area contributed by atoms with Crippen molar-refractivity contribution in [1.82, 2.24) is 0 Å². The molecule has 0 bridgehead atoms. The molecule has 4 heteroatoms. The number of ether oxygens (including phenoxy) is 1. The maximum Gasteiger partial charge on any atom is 0.314 e. The Morgan fingerprint density at radius 1 is 0.692 bits per heavy atom. The van der Waals surface area contributed by atoms with E-state index in [0.29, 0.717) is 23.8 Å². The Bertz CT molecular complexity index is 875. The van der Waals surface area contributed by atoms with Crippen molar-refractivity contribution in [1.29, 1.82) is 0 Å². The Morgan fingerprint density at radius 2 is 1.26 bits per heavy atom. The van der Waals surface area contributed by atoms with Crippen molar-refractivity contribution in [3.05, 3.63) is 29.3 Å². The fraction of sp³-hybridized carbons (Fsp3) is 0.800. The van der Waals surface area contributed by atoms with E-state index in [-0.39, 0.29) is 17.6 Å². The lowest BCUT2D eigenvalue weighted by molar-refractivity contribution is -0.140. The third-order valence-electron chi connectivity index (χ3n) is 10.7. The zero-order chi connectivity index (χ0) is 27.6. The molecular formula is C35H54F2O2. The molecule has 0 amide bonds. The third-order valence-corrected chi connectivity index (χ3v) is 10.7. The van der Waals surface area contributed by atoms with Gasteiger partial charge < -0.3 is 4.74 Å². The van der Waals surface area contributed by atoms with Gasteiger partial charge in [0.1, 0.15) is 0 Å². The summed E-state index contributed by atoms with van der Waals surface area (Å²) in [5.74, 6) is 1.22. The molecule has 3 aliphatic rings. The summed E-state index contributed by atoms with van der Waals surface area (Å²) in [7, 11) is 0. The second-order valence-electron chi connectivity index (χ2n) is 13.4. The van der Waals surface area contributed by atoms with Crippen LogP contribution in [-0.2, 0) is 11.2 Å². The summed E-state index contributed by atoms with van der Waals surface area (Å²) in [6, 6.07) is 3.10. The number of hydrogen-bond acceptors (Lipinski definition) is 2. The fourth-order valence-corrected chi connectivity index (χ4v) is 8.07. The maximum absolute atomic E-state index is 14.9. The topological polar surface area (TPSA) is 26.3 Å². The van der Waals surface area contributed by atoms with Crippen LogP contribution in [0.15, 0.2) is 12.1 Å². The quantitative estimate of drug-likeness (QED) is 0.149. The molecule has 220 valence electrons. The van der Waals surface area contributed by atoms with Crippen LogP contribution in [0.2, 0.25) is 0 Å². The molecule has 0 unspecified atom stereocenters. The van der Waals surface area contributed by atoms with Crippen molar-refractivity contribution in [3.8, 4) is 5.75 Å². The summed E-state index contributed by atoms with van der Waals surface area (Å²) in [6.07, 6.45) is 23.5. The van der Waals surface area contributed by atoms with E-state index in [1.807, 2.05) is 0 Å². The zero-order valence-electron chi connectivity index (χ0n) is 24.8. The Kier molecular flexibility index (Phi) is 12.1. The van der Waals surface area contributed by atoms with Gasteiger partial charge in [0.2, 0.25) is 5.82 Å². The Morgan fingerprint density at radius 3 is 1.87 bits per heavy atom. The minimum absolute atomic E-state index is 0.197. The van der Waals surface area contributed by atoms with Crippen molar-refractivity contribution < 1.29 is 18.3 Å². The number of unbranched alkanes of at least 4 members (excludes halogenated alkanes) is 2. The molecule has 0 heterocycles. The van der Waals surface area contributed by atoms with Crippen molar-refractivity contribution in [2.24, 2.45) is 35.5 Å². The van der Waals surface area contributed by atoms with Crippen molar-refractivity contribution in [3.63, 3.8) is 0 Å². The minimum atomic E-state index is -1.00. The number of hydrogen-bond donors (Lipinski definition) is 0. The van der Waals surface area contributed by atoms with Crippen molar-refractivity contribution in [2.45, 2.75) is 142 Å². The van der Waals surface area contributed by atoms with Crippen LogP contribution >= 0.6 is 0 Å². The molecular weight excluding hydrogens is 490 g/mol. The lowest BCUT2D eigenvalue weighted by Crippen LogP contribution is -2.30. The number of carbonyl (C=O) groups excluding carboxylic acids is 1. The highest BCUT2D eigenvalue weighted by molar-refractivity contribution is 5.75. The smallest absolute Gasteiger partial charge is 0.314 e. The van der Waals surface area contributed by atoms with E-state index in [4.69, 9.17) is 4.74 Å². The number of benzene rings is 1. The number of halogens is 2. The molecule has 0 aromatic heterocycles. The first-order chi connectivity index (χ1) is 19.0. The maximum atomic E-state index is 14.9. The van der Waals surface area contributed by atoms with Crippen LogP contribution in [0.3, 0.4) is 0 Å². The largest absolute Gasteiger partial charge is 0.423 e. The van der Waals surface area contributed by atoms with Gasteiger partial charge in [-0.05, 0) is 92.6 Å². The highest BCUT2D eigenvalue weighted by atomic mass is 19.2. The number of carbonyl (C=O) groups is 1. The van der Waals surface area contributed by atoms with Gasteiger partial charge in [0.15, 0.2) is 11.6 Å². The molecule has 0 saturated heterocycles. The SMILES string of the molecule is CCCCCC1CCC(CCc2ccc(OC(=O)C3CCC(C4CCC(CCC)CC4)CC3)c(F)c2F)CC1. The summed E-state index contributed by atoms with van der Waals surface area (Å²) in [6.45, 7) is 4.53. The lowest BCUT2D eigenvalue weighted by atomic mass is 9.69. The van der Waals surface area contributed by atoms with Crippen molar-refractivity contribution >= 4 is 5.97 Å². The van der Waals surface area contributed by atoms with Crippen molar-refractivity contribution in [2.75, 3.05) is 0 Å². The van der Waals surface area contributed by atoms with E-state index < -0.39 is 11.6 Å².